The number of ketones is 1. The summed E-state index contributed by atoms with van der Waals surface area (Å²) in [5.74, 6) is 0.0936. The predicted octanol–water partition coefficient (Wildman–Crippen LogP) is 3.42. The molecular formula is C16H19BrN2O2. The molecule has 0 amide bonds. The van der Waals surface area contributed by atoms with Gasteiger partial charge in [-0.3, -0.25) is 9.48 Å². The molecule has 0 unspecified atom stereocenters. The largest absolute Gasteiger partial charge is 0.383 e. The Morgan fingerprint density at radius 1 is 1.33 bits per heavy atom. The Labute approximate surface area is 133 Å². The SMILES string of the molecule is COCCn1ncc(Br)c1C(=O)CCc1ccc(C)cc1. The van der Waals surface area contributed by atoms with Crippen LogP contribution in [-0.2, 0) is 17.7 Å². The number of carbonyl (C=O) groups is 1. The highest BCUT2D eigenvalue weighted by Gasteiger charge is 2.16. The maximum Gasteiger partial charge on any atom is 0.182 e. The zero-order chi connectivity index (χ0) is 15.2. The van der Waals surface area contributed by atoms with Crippen LogP contribution in [0, 0.1) is 6.92 Å². The molecule has 0 atom stereocenters. The lowest BCUT2D eigenvalue weighted by atomic mass is 10.0. The summed E-state index contributed by atoms with van der Waals surface area (Å²) in [6.45, 7) is 3.17. The molecule has 2 rings (SSSR count). The van der Waals surface area contributed by atoms with Gasteiger partial charge in [-0.05, 0) is 34.8 Å². The van der Waals surface area contributed by atoms with Crippen molar-refractivity contribution in [2.75, 3.05) is 13.7 Å². The summed E-state index contributed by atoms with van der Waals surface area (Å²) < 4.78 is 7.49. The van der Waals surface area contributed by atoms with Gasteiger partial charge in [-0.25, -0.2) is 0 Å². The Morgan fingerprint density at radius 2 is 2.05 bits per heavy atom. The Morgan fingerprint density at radius 3 is 2.71 bits per heavy atom. The number of nitrogens with zero attached hydrogens (tertiary/aromatic N) is 2. The van der Waals surface area contributed by atoms with Crippen LogP contribution in [-0.4, -0.2) is 29.3 Å². The second-order valence-electron chi connectivity index (χ2n) is 4.97. The van der Waals surface area contributed by atoms with Crippen LogP contribution in [0.1, 0.15) is 28.0 Å². The molecule has 21 heavy (non-hydrogen) atoms. The molecule has 0 saturated carbocycles. The monoisotopic (exact) mass is 350 g/mol. The summed E-state index contributed by atoms with van der Waals surface area (Å²) in [7, 11) is 1.64. The van der Waals surface area contributed by atoms with Gasteiger partial charge in [-0.2, -0.15) is 5.10 Å². The summed E-state index contributed by atoms with van der Waals surface area (Å²) in [4.78, 5) is 12.4. The van der Waals surface area contributed by atoms with Crippen LogP contribution in [0.25, 0.3) is 0 Å². The second-order valence-corrected chi connectivity index (χ2v) is 5.82. The van der Waals surface area contributed by atoms with Gasteiger partial charge >= 0.3 is 0 Å². The third kappa shape index (κ3) is 4.25. The number of Topliss-reactive ketones (excluding diaryl/α,β-unsaturated/α-hetero) is 1. The van der Waals surface area contributed by atoms with E-state index in [2.05, 4.69) is 52.2 Å². The van der Waals surface area contributed by atoms with Gasteiger partial charge in [0.25, 0.3) is 0 Å². The summed E-state index contributed by atoms with van der Waals surface area (Å²) in [5, 5.41) is 4.21. The Kier molecular flexibility index (Phi) is 5.70. The van der Waals surface area contributed by atoms with E-state index in [0.29, 0.717) is 25.3 Å². The molecule has 0 spiro atoms. The fourth-order valence-corrected chi connectivity index (χ4v) is 2.64. The van der Waals surface area contributed by atoms with Gasteiger partial charge in [0.2, 0.25) is 0 Å². The van der Waals surface area contributed by atoms with Crippen LogP contribution in [0.2, 0.25) is 0 Å². The van der Waals surface area contributed by atoms with E-state index in [1.165, 1.54) is 11.1 Å². The topological polar surface area (TPSA) is 44.1 Å². The lowest BCUT2D eigenvalue weighted by molar-refractivity contribution is 0.0968. The summed E-state index contributed by atoms with van der Waals surface area (Å²) >= 11 is 3.40. The molecule has 2 aromatic rings. The van der Waals surface area contributed by atoms with E-state index in [-0.39, 0.29) is 5.78 Å². The first-order chi connectivity index (χ1) is 10.1. The van der Waals surface area contributed by atoms with Crippen LogP contribution in [0.15, 0.2) is 34.9 Å². The van der Waals surface area contributed by atoms with Crippen molar-refractivity contribution >= 4 is 21.7 Å². The molecule has 0 aliphatic heterocycles. The molecule has 0 bridgehead atoms. The lowest BCUT2D eigenvalue weighted by Gasteiger charge is -2.07. The molecule has 1 aromatic heterocycles. The molecule has 0 fully saturated rings. The Balaban J connectivity index is 2.02. The number of rotatable bonds is 7. The third-order valence-electron chi connectivity index (χ3n) is 3.33. The van der Waals surface area contributed by atoms with E-state index in [1.54, 1.807) is 18.0 Å². The molecule has 0 saturated heterocycles. The van der Waals surface area contributed by atoms with Crippen molar-refractivity contribution in [2.45, 2.75) is 26.3 Å². The van der Waals surface area contributed by atoms with Gasteiger partial charge < -0.3 is 4.74 Å². The number of aryl methyl sites for hydroxylation is 2. The lowest BCUT2D eigenvalue weighted by Crippen LogP contribution is -2.14. The number of aromatic nitrogens is 2. The van der Waals surface area contributed by atoms with E-state index in [1.807, 2.05) is 0 Å². The maximum atomic E-state index is 12.4. The van der Waals surface area contributed by atoms with Crippen molar-refractivity contribution < 1.29 is 9.53 Å². The Bertz CT molecular complexity index is 605. The molecule has 1 heterocycles. The molecule has 112 valence electrons. The normalized spacial score (nSPS) is 10.8. The van der Waals surface area contributed by atoms with E-state index >= 15 is 0 Å². The fourth-order valence-electron chi connectivity index (χ4n) is 2.12. The van der Waals surface area contributed by atoms with Crippen LogP contribution < -0.4 is 0 Å². The van der Waals surface area contributed by atoms with Crippen molar-refractivity contribution in [2.24, 2.45) is 0 Å². The van der Waals surface area contributed by atoms with Crippen molar-refractivity contribution in [3.63, 3.8) is 0 Å². The summed E-state index contributed by atoms with van der Waals surface area (Å²) in [6, 6.07) is 8.27. The summed E-state index contributed by atoms with van der Waals surface area (Å²) in [6.07, 6.45) is 2.87. The molecule has 0 N–H and O–H groups in total. The van der Waals surface area contributed by atoms with E-state index in [9.17, 15) is 4.79 Å². The first kappa shape index (κ1) is 15.9. The minimum Gasteiger partial charge on any atom is -0.383 e. The van der Waals surface area contributed by atoms with Gasteiger partial charge in [0.1, 0.15) is 5.69 Å². The molecule has 0 radical (unpaired) electrons. The van der Waals surface area contributed by atoms with Crippen molar-refractivity contribution in [1.82, 2.24) is 9.78 Å². The van der Waals surface area contributed by atoms with Crippen molar-refractivity contribution in [3.8, 4) is 0 Å². The van der Waals surface area contributed by atoms with Crippen LogP contribution >= 0.6 is 15.9 Å². The van der Waals surface area contributed by atoms with Gasteiger partial charge in [0, 0.05) is 13.5 Å². The molecule has 4 nitrogen and oxygen atoms in total. The standard InChI is InChI=1S/C16H19BrN2O2/c1-12-3-5-13(6-4-12)7-8-15(20)16-14(17)11-18-19(16)9-10-21-2/h3-6,11H,7-10H2,1-2H3. The first-order valence-electron chi connectivity index (χ1n) is 6.91. The highest BCUT2D eigenvalue weighted by atomic mass is 79.9. The minimum absolute atomic E-state index is 0.0936. The zero-order valence-corrected chi connectivity index (χ0v) is 13.9. The summed E-state index contributed by atoms with van der Waals surface area (Å²) in [5.41, 5.74) is 3.03. The quantitative estimate of drug-likeness (QED) is 0.718. The number of benzene rings is 1. The number of halogens is 1. The van der Waals surface area contributed by atoms with Crippen molar-refractivity contribution in [1.29, 1.82) is 0 Å². The molecule has 1 aromatic carbocycles. The fraction of sp³-hybridized carbons (Fsp3) is 0.375. The number of hydrogen-bond acceptors (Lipinski definition) is 3. The average Bonchev–Trinajstić information content (AvgIpc) is 2.85. The molecule has 0 aliphatic carbocycles. The number of carbonyl (C=O) groups excluding carboxylic acids is 1. The van der Waals surface area contributed by atoms with Gasteiger partial charge in [-0.15, -0.1) is 0 Å². The average molecular weight is 351 g/mol. The van der Waals surface area contributed by atoms with Crippen LogP contribution in [0.3, 0.4) is 0 Å². The number of ether oxygens (including phenoxy) is 1. The van der Waals surface area contributed by atoms with E-state index in [0.717, 1.165) is 10.9 Å². The van der Waals surface area contributed by atoms with Gasteiger partial charge in [0.05, 0.1) is 23.8 Å². The number of methoxy groups -OCH3 is 1. The predicted molar refractivity (Wildman–Crippen MR) is 85.6 cm³/mol. The van der Waals surface area contributed by atoms with E-state index in [4.69, 9.17) is 4.74 Å². The zero-order valence-electron chi connectivity index (χ0n) is 12.3. The van der Waals surface area contributed by atoms with Crippen molar-refractivity contribution in [3.05, 3.63) is 51.8 Å². The number of hydrogen-bond donors (Lipinski definition) is 0. The molecular weight excluding hydrogens is 332 g/mol. The van der Waals surface area contributed by atoms with Gasteiger partial charge in [-0.1, -0.05) is 29.8 Å². The highest BCUT2D eigenvalue weighted by molar-refractivity contribution is 9.10. The third-order valence-corrected chi connectivity index (χ3v) is 3.91. The smallest absolute Gasteiger partial charge is 0.182 e. The van der Waals surface area contributed by atoms with E-state index < -0.39 is 0 Å². The van der Waals surface area contributed by atoms with Crippen LogP contribution in [0.5, 0.6) is 0 Å². The van der Waals surface area contributed by atoms with Gasteiger partial charge in [0.15, 0.2) is 5.78 Å². The highest BCUT2D eigenvalue weighted by Crippen LogP contribution is 2.19. The second kappa shape index (κ2) is 7.52. The van der Waals surface area contributed by atoms with Crippen LogP contribution in [0.4, 0.5) is 0 Å². The maximum absolute atomic E-state index is 12.4. The minimum atomic E-state index is 0.0936. The first-order valence-corrected chi connectivity index (χ1v) is 7.70. The Hall–Kier alpha value is -1.46. The molecule has 0 aliphatic rings. The molecule has 5 heteroatoms.